The number of hydrogen-bond donors (Lipinski definition) is 1. The van der Waals surface area contributed by atoms with Crippen molar-refractivity contribution in [3.63, 3.8) is 0 Å². The minimum Gasteiger partial charge on any atom is -0.457 e. The third-order valence-corrected chi connectivity index (χ3v) is 3.54. The van der Waals surface area contributed by atoms with Crippen molar-refractivity contribution < 1.29 is 27.1 Å². The summed E-state index contributed by atoms with van der Waals surface area (Å²) in [5, 5.41) is 4.35. The SMILES string of the molecule is COCC(C)OC(=O)c1cc(S(N)(=O)=O)cc(F)c1Cl. The van der Waals surface area contributed by atoms with Crippen molar-refractivity contribution in [2.75, 3.05) is 13.7 Å². The summed E-state index contributed by atoms with van der Waals surface area (Å²) in [6.45, 7) is 1.68. The number of nitrogens with two attached hydrogens (primary N) is 1. The molecule has 1 aromatic carbocycles. The molecule has 0 heterocycles. The lowest BCUT2D eigenvalue weighted by Crippen LogP contribution is -2.21. The van der Waals surface area contributed by atoms with Crippen LogP contribution in [0.3, 0.4) is 0 Å². The molecule has 20 heavy (non-hydrogen) atoms. The van der Waals surface area contributed by atoms with Crippen molar-refractivity contribution in [1.29, 1.82) is 0 Å². The molecule has 0 bridgehead atoms. The van der Waals surface area contributed by atoms with E-state index in [0.29, 0.717) is 6.07 Å². The van der Waals surface area contributed by atoms with Gasteiger partial charge in [0.05, 0.1) is 22.1 Å². The fraction of sp³-hybridized carbons (Fsp3) is 0.364. The summed E-state index contributed by atoms with van der Waals surface area (Å²) in [7, 11) is -2.75. The van der Waals surface area contributed by atoms with Gasteiger partial charge in [-0.05, 0) is 19.1 Å². The molecule has 0 saturated heterocycles. The lowest BCUT2D eigenvalue weighted by Gasteiger charge is -2.13. The number of primary sulfonamides is 1. The van der Waals surface area contributed by atoms with Gasteiger partial charge in [-0.1, -0.05) is 11.6 Å². The van der Waals surface area contributed by atoms with E-state index in [1.54, 1.807) is 6.92 Å². The molecule has 9 heteroatoms. The first-order valence-corrected chi connectivity index (χ1v) is 7.31. The molecule has 1 atom stereocenters. The highest BCUT2D eigenvalue weighted by atomic mass is 35.5. The molecule has 0 aliphatic heterocycles. The van der Waals surface area contributed by atoms with Crippen molar-refractivity contribution in [1.82, 2.24) is 0 Å². The molecule has 6 nitrogen and oxygen atoms in total. The largest absolute Gasteiger partial charge is 0.457 e. The normalized spacial score (nSPS) is 13.1. The summed E-state index contributed by atoms with van der Waals surface area (Å²) >= 11 is 5.63. The van der Waals surface area contributed by atoms with Gasteiger partial charge in [0.2, 0.25) is 10.0 Å². The topological polar surface area (TPSA) is 95.7 Å². The number of ether oxygens (including phenoxy) is 2. The Hall–Kier alpha value is -1.22. The molecule has 0 amide bonds. The van der Waals surface area contributed by atoms with Crippen LogP contribution in [-0.2, 0) is 19.5 Å². The van der Waals surface area contributed by atoms with Crippen molar-refractivity contribution in [3.05, 3.63) is 28.5 Å². The number of carbonyl (C=O) groups is 1. The molecule has 0 aromatic heterocycles. The Morgan fingerprint density at radius 2 is 2.10 bits per heavy atom. The third-order valence-electron chi connectivity index (χ3n) is 2.26. The van der Waals surface area contributed by atoms with Crippen molar-refractivity contribution in [3.8, 4) is 0 Å². The van der Waals surface area contributed by atoms with Crippen LogP contribution in [-0.4, -0.2) is 34.2 Å². The summed E-state index contributed by atoms with van der Waals surface area (Å²) in [4.78, 5) is 11.3. The van der Waals surface area contributed by atoms with Gasteiger partial charge in [0.1, 0.15) is 11.9 Å². The number of rotatable bonds is 5. The van der Waals surface area contributed by atoms with Crippen LogP contribution >= 0.6 is 11.6 Å². The van der Waals surface area contributed by atoms with Crippen LogP contribution < -0.4 is 5.14 Å². The predicted octanol–water partition coefficient (Wildman–Crippen LogP) is 1.32. The summed E-state index contributed by atoms with van der Waals surface area (Å²) in [6.07, 6.45) is -0.607. The Bertz CT molecular complexity index is 619. The minimum absolute atomic E-state index is 0.126. The monoisotopic (exact) mass is 325 g/mol. The minimum atomic E-state index is -4.17. The molecule has 0 fully saturated rings. The number of esters is 1. The van der Waals surface area contributed by atoms with Crippen LogP contribution in [0.2, 0.25) is 5.02 Å². The second kappa shape index (κ2) is 6.49. The average Bonchev–Trinajstić information content (AvgIpc) is 2.31. The van der Waals surface area contributed by atoms with E-state index >= 15 is 0 Å². The second-order valence-electron chi connectivity index (χ2n) is 3.98. The van der Waals surface area contributed by atoms with Crippen LogP contribution in [0.25, 0.3) is 0 Å². The van der Waals surface area contributed by atoms with Gasteiger partial charge in [-0.2, -0.15) is 0 Å². The highest BCUT2D eigenvalue weighted by molar-refractivity contribution is 7.89. The van der Waals surface area contributed by atoms with Crippen molar-refractivity contribution in [2.45, 2.75) is 17.9 Å². The average molecular weight is 326 g/mol. The zero-order valence-corrected chi connectivity index (χ0v) is 12.3. The van der Waals surface area contributed by atoms with Gasteiger partial charge < -0.3 is 9.47 Å². The fourth-order valence-electron chi connectivity index (χ4n) is 1.39. The van der Waals surface area contributed by atoms with Crippen LogP contribution in [0.15, 0.2) is 17.0 Å². The van der Waals surface area contributed by atoms with Gasteiger partial charge in [0, 0.05) is 7.11 Å². The Morgan fingerprint density at radius 3 is 2.60 bits per heavy atom. The van der Waals surface area contributed by atoms with Crippen molar-refractivity contribution >= 4 is 27.6 Å². The number of sulfonamides is 1. The molecule has 1 aromatic rings. The number of carbonyl (C=O) groups excluding carboxylic acids is 1. The van der Waals surface area contributed by atoms with E-state index in [9.17, 15) is 17.6 Å². The molecule has 0 saturated carbocycles. The summed E-state index contributed by atoms with van der Waals surface area (Å²) < 4.78 is 45.6. The maximum absolute atomic E-state index is 13.5. The Balaban J connectivity index is 3.17. The van der Waals surface area contributed by atoms with E-state index < -0.39 is 43.4 Å². The van der Waals surface area contributed by atoms with Gasteiger partial charge >= 0.3 is 5.97 Å². The van der Waals surface area contributed by atoms with Gasteiger partial charge in [-0.15, -0.1) is 0 Å². The molecule has 1 rings (SSSR count). The highest BCUT2D eigenvalue weighted by Crippen LogP contribution is 2.25. The number of halogens is 2. The lowest BCUT2D eigenvalue weighted by molar-refractivity contribution is 0.0119. The maximum Gasteiger partial charge on any atom is 0.340 e. The van der Waals surface area contributed by atoms with E-state index in [1.807, 2.05) is 0 Å². The van der Waals surface area contributed by atoms with Gasteiger partial charge in [0.15, 0.2) is 0 Å². The number of hydrogen-bond acceptors (Lipinski definition) is 5. The fourth-order valence-corrected chi connectivity index (χ4v) is 2.13. The van der Waals surface area contributed by atoms with Gasteiger partial charge in [-0.3, -0.25) is 0 Å². The first kappa shape index (κ1) is 16.8. The third kappa shape index (κ3) is 4.14. The number of benzene rings is 1. The van der Waals surface area contributed by atoms with E-state index in [-0.39, 0.29) is 6.61 Å². The number of methoxy groups -OCH3 is 1. The second-order valence-corrected chi connectivity index (χ2v) is 5.92. The first-order chi connectivity index (χ1) is 9.16. The van der Waals surface area contributed by atoms with Crippen LogP contribution in [0.5, 0.6) is 0 Å². The van der Waals surface area contributed by atoms with Gasteiger partial charge in [-0.25, -0.2) is 22.7 Å². The van der Waals surface area contributed by atoms with E-state index in [2.05, 4.69) is 0 Å². The maximum atomic E-state index is 13.5. The van der Waals surface area contributed by atoms with Crippen LogP contribution in [0, 0.1) is 5.82 Å². The Labute approximate surface area is 120 Å². The zero-order valence-electron chi connectivity index (χ0n) is 10.7. The smallest absolute Gasteiger partial charge is 0.340 e. The summed E-state index contributed by atoms with van der Waals surface area (Å²) in [5.74, 6) is -2.05. The van der Waals surface area contributed by atoms with E-state index in [4.69, 9.17) is 26.2 Å². The molecule has 0 radical (unpaired) electrons. The molecule has 0 spiro atoms. The van der Waals surface area contributed by atoms with Gasteiger partial charge in [0.25, 0.3) is 0 Å². The Kier molecular flexibility index (Phi) is 5.46. The molecule has 2 N–H and O–H groups in total. The summed E-state index contributed by atoms with van der Waals surface area (Å²) in [5.41, 5.74) is -0.418. The first-order valence-electron chi connectivity index (χ1n) is 5.38. The molecule has 0 aliphatic carbocycles. The summed E-state index contributed by atoms with van der Waals surface area (Å²) in [6, 6.07) is 1.50. The lowest BCUT2D eigenvalue weighted by atomic mass is 10.2. The van der Waals surface area contributed by atoms with Crippen LogP contribution in [0.1, 0.15) is 17.3 Å². The molecule has 112 valence electrons. The Morgan fingerprint density at radius 1 is 1.50 bits per heavy atom. The van der Waals surface area contributed by atoms with Crippen LogP contribution in [0.4, 0.5) is 4.39 Å². The molecular formula is C11H13ClFNO5S. The molecule has 1 unspecified atom stereocenters. The van der Waals surface area contributed by atoms with Crippen molar-refractivity contribution in [2.24, 2.45) is 5.14 Å². The standard InChI is InChI=1S/C11H13ClFNO5S/c1-6(5-18-2)19-11(15)8-3-7(20(14,16)17)4-9(13)10(8)12/h3-4,6H,5H2,1-2H3,(H2,14,16,17). The predicted molar refractivity (Wildman–Crippen MR) is 69.5 cm³/mol. The molecular weight excluding hydrogens is 313 g/mol. The van der Waals surface area contributed by atoms with E-state index in [1.165, 1.54) is 7.11 Å². The molecule has 0 aliphatic rings. The van der Waals surface area contributed by atoms with E-state index in [0.717, 1.165) is 6.07 Å². The quantitative estimate of drug-likeness (QED) is 0.824. The zero-order chi connectivity index (χ0) is 15.5. The highest BCUT2D eigenvalue weighted by Gasteiger charge is 2.22.